The molecule has 0 bridgehead atoms. The molecule has 0 spiro atoms. The lowest BCUT2D eigenvalue weighted by molar-refractivity contribution is 0.606. The number of thiophene rings is 1. The highest BCUT2D eigenvalue weighted by atomic mass is 79.9. The van der Waals surface area contributed by atoms with Crippen LogP contribution in [0.5, 0.6) is 0 Å². The topological polar surface area (TPSA) is 50.9 Å². The summed E-state index contributed by atoms with van der Waals surface area (Å²) in [6, 6.07) is 6.21. The lowest BCUT2D eigenvalue weighted by Crippen LogP contribution is -2.23. The van der Waals surface area contributed by atoms with Crippen LogP contribution in [0.15, 0.2) is 34.2 Å². The Kier molecular flexibility index (Phi) is 4.74. The van der Waals surface area contributed by atoms with Crippen LogP contribution in [0.2, 0.25) is 0 Å². The van der Waals surface area contributed by atoms with Crippen molar-refractivity contribution in [3.63, 3.8) is 0 Å². The van der Waals surface area contributed by atoms with Crippen molar-refractivity contribution in [2.24, 2.45) is 0 Å². The molecule has 0 saturated heterocycles. The first-order chi connectivity index (χ1) is 8.72. The number of hydrogen-bond donors (Lipinski definition) is 2. The van der Waals surface area contributed by atoms with Crippen LogP contribution >= 0.6 is 27.3 Å². The lowest BCUT2D eigenvalue weighted by Gasteiger charge is -2.18. The second-order valence-corrected chi connectivity index (χ2v) is 5.89. The first-order valence-corrected chi connectivity index (χ1v) is 7.57. The van der Waals surface area contributed by atoms with Crippen LogP contribution in [0.3, 0.4) is 0 Å². The van der Waals surface area contributed by atoms with Gasteiger partial charge in [0, 0.05) is 26.5 Å². The number of nitrogen functional groups attached to an aromatic ring is 1. The minimum absolute atomic E-state index is 0.120. The first-order valence-electron chi connectivity index (χ1n) is 5.90. The molecule has 0 aliphatic carbocycles. The van der Waals surface area contributed by atoms with Gasteiger partial charge in [-0.05, 0) is 41.0 Å². The maximum atomic E-state index is 5.98. The highest BCUT2D eigenvalue weighted by molar-refractivity contribution is 9.10. The number of nitrogens with two attached hydrogens (primary N) is 1. The molecule has 3 N–H and O–H groups in total. The Bertz CT molecular complexity index is 512. The van der Waals surface area contributed by atoms with E-state index in [1.165, 1.54) is 4.88 Å². The lowest BCUT2D eigenvalue weighted by atomic mass is 10.1. The summed E-state index contributed by atoms with van der Waals surface area (Å²) in [6.45, 7) is 3.11. The van der Waals surface area contributed by atoms with Gasteiger partial charge < -0.3 is 11.1 Å². The molecular formula is C13H16BrN3S. The standard InChI is InChI=1S/C13H16BrN3S/c1-2-5-16-12(11-7-9(14)8-18-11)10-4-3-6-17-13(10)15/h3-4,6-8,12,16H,2,5H2,1H3,(H2,15,17). The molecule has 2 aromatic rings. The Morgan fingerprint density at radius 1 is 1.56 bits per heavy atom. The third kappa shape index (κ3) is 3.10. The fraction of sp³-hybridized carbons (Fsp3) is 0.308. The minimum Gasteiger partial charge on any atom is -0.383 e. The summed E-state index contributed by atoms with van der Waals surface area (Å²) < 4.78 is 1.10. The molecule has 0 aromatic carbocycles. The number of anilines is 1. The number of hydrogen-bond acceptors (Lipinski definition) is 4. The SMILES string of the molecule is CCCNC(c1cc(Br)cs1)c1cccnc1N. The van der Waals surface area contributed by atoms with Crippen LogP contribution in [0.1, 0.15) is 29.8 Å². The van der Waals surface area contributed by atoms with E-state index in [2.05, 4.69) is 44.6 Å². The number of aromatic nitrogens is 1. The van der Waals surface area contributed by atoms with Crippen molar-refractivity contribution in [3.05, 3.63) is 44.7 Å². The van der Waals surface area contributed by atoms with Crippen molar-refractivity contribution in [3.8, 4) is 0 Å². The quantitative estimate of drug-likeness (QED) is 0.883. The molecule has 2 heterocycles. The summed E-state index contributed by atoms with van der Waals surface area (Å²) in [4.78, 5) is 5.42. The zero-order chi connectivity index (χ0) is 13.0. The van der Waals surface area contributed by atoms with Crippen LogP contribution in [0.4, 0.5) is 5.82 Å². The Hall–Kier alpha value is -0.910. The van der Waals surface area contributed by atoms with Crippen molar-refractivity contribution in [1.82, 2.24) is 10.3 Å². The summed E-state index contributed by atoms with van der Waals surface area (Å²) in [5.41, 5.74) is 7.02. The highest BCUT2D eigenvalue weighted by Crippen LogP contribution is 2.31. The zero-order valence-corrected chi connectivity index (χ0v) is 12.6. The van der Waals surface area contributed by atoms with E-state index < -0.39 is 0 Å². The van der Waals surface area contributed by atoms with E-state index in [9.17, 15) is 0 Å². The summed E-state index contributed by atoms with van der Waals surface area (Å²) in [5.74, 6) is 0.593. The third-order valence-corrected chi connectivity index (χ3v) is 4.41. The summed E-state index contributed by atoms with van der Waals surface area (Å²) in [7, 11) is 0. The van der Waals surface area contributed by atoms with Gasteiger partial charge in [0.2, 0.25) is 0 Å². The summed E-state index contributed by atoms with van der Waals surface area (Å²) in [5, 5.41) is 5.61. The van der Waals surface area contributed by atoms with E-state index in [4.69, 9.17) is 5.73 Å². The van der Waals surface area contributed by atoms with Gasteiger partial charge in [-0.3, -0.25) is 0 Å². The number of rotatable bonds is 5. The van der Waals surface area contributed by atoms with Crippen molar-refractivity contribution in [1.29, 1.82) is 0 Å². The van der Waals surface area contributed by atoms with E-state index in [1.807, 2.05) is 12.1 Å². The molecule has 0 radical (unpaired) electrons. The molecule has 0 amide bonds. The van der Waals surface area contributed by atoms with Crippen LogP contribution in [0, 0.1) is 0 Å². The van der Waals surface area contributed by atoms with E-state index in [-0.39, 0.29) is 6.04 Å². The fourth-order valence-corrected chi connectivity index (χ4v) is 3.34. The van der Waals surface area contributed by atoms with E-state index in [0.29, 0.717) is 5.82 Å². The van der Waals surface area contributed by atoms with Gasteiger partial charge in [-0.2, -0.15) is 0 Å². The number of nitrogens with one attached hydrogen (secondary N) is 1. The normalized spacial score (nSPS) is 12.6. The molecule has 0 aliphatic heterocycles. The average Bonchev–Trinajstić information content (AvgIpc) is 2.78. The second-order valence-electron chi connectivity index (χ2n) is 4.03. The number of pyridine rings is 1. The molecule has 1 atom stereocenters. The van der Waals surface area contributed by atoms with Crippen LogP contribution in [-0.4, -0.2) is 11.5 Å². The van der Waals surface area contributed by atoms with Crippen LogP contribution < -0.4 is 11.1 Å². The summed E-state index contributed by atoms with van der Waals surface area (Å²) >= 11 is 5.21. The summed E-state index contributed by atoms with van der Waals surface area (Å²) in [6.07, 6.45) is 2.81. The molecule has 0 saturated carbocycles. The van der Waals surface area contributed by atoms with Gasteiger partial charge in [0.1, 0.15) is 5.82 Å². The molecule has 0 aliphatic rings. The predicted octanol–water partition coefficient (Wildman–Crippen LogP) is 3.58. The Balaban J connectivity index is 2.33. The Labute approximate surface area is 120 Å². The highest BCUT2D eigenvalue weighted by Gasteiger charge is 2.18. The van der Waals surface area contributed by atoms with Gasteiger partial charge in [-0.25, -0.2) is 4.98 Å². The van der Waals surface area contributed by atoms with E-state index >= 15 is 0 Å². The molecule has 18 heavy (non-hydrogen) atoms. The monoisotopic (exact) mass is 325 g/mol. The molecule has 5 heteroatoms. The second kappa shape index (κ2) is 6.31. The van der Waals surface area contributed by atoms with Crippen LogP contribution in [0.25, 0.3) is 0 Å². The van der Waals surface area contributed by atoms with Crippen molar-refractivity contribution >= 4 is 33.1 Å². The van der Waals surface area contributed by atoms with E-state index in [0.717, 1.165) is 23.0 Å². The number of halogens is 1. The number of nitrogens with zero attached hydrogens (tertiary/aromatic N) is 1. The molecule has 3 nitrogen and oxygen atoms in total. The van der Waals surface area contributed by atoms with Gasteiger partial charge in [-0.15, -0.1) is 11.3 Å². The largest absolute Gasteiger partial charge is 0.383 e. The maximum absolute atomic E-state index is 5.98. The van der Waals surface area contributed by atoms with Crippen molar-refractivity contribution in [2.75, 3.05) is 12.3 Å². The fourth-order valence-electron chi connectivity index (χ4n) is 1.81. The Morgan fingerprint density at radius 3 is 3.00 bits per heavy atom. The van der Waals surface area contributed by atoms with Crippen LogP contribution in [-0.2, 0) is 0 Å². The van der Waals surface area contributed by atoms with Gasteiger partial charge in [0.05, 0.1) is 6.04 Å². The van der Waals surface area contributed by atoms with Crippen molar-refractivity contribution in [2.45, 2.75) is 19.4 Å². The van der Waals surface area contributed by atoms with Gasteiger partial charge >= 0.3 is 0 Å². The Morgan fingerprint density at radius 2 is 2.39 bits per heavy atom. The predicted molar refractivity (Wildman–Crippen MR) is 80.8 cm³/mol. The van der Waals surface area contributed by atoms with Gasteiger partial charge in [0.25, 0.3) is 0 Å². The first kappa shape index (κ1) is 13.5. The zero-order valence-electron chi connectivity index (χ0n) is 10.2. The molecule has 96 valence electrons. The third-order valence-electron chi connectivity index (χ3n) is 2.65. The minimum atomic E-state index is 0.120. The van der Waals surface area contributed by atoms with Gasteiger partial charge in [-0.1, -0.05) is 13.0 Å². The maximum Gasteiger partial charge on any atom is 0.128 e. The van der Waals surface area contributed by atoms with E-state index in [1.54, 1.807) is 17.5 Å². The molecule has 0 fully saturated rings. The average molecular weight is 326 g/mol. The molecule has 2 aromatic heterocycles. The molecular weight excluding hydrogens is 310 g/mol. The molecule has 1 unspecified atom stereocenters. The smallest absolute Gasteiger partial charge is 0.128 e. The van der Waals surface area contributed by atoms with Gasteiger partial charge in [0.15, 0.2) is 0 Å². The van der Waals surface area contributed by atoms with Crippen molar-refractivity contribution < 1.29 is 0 Å². The molecule has 2 rings (SSSR count).